The largest absolute Gasteiger partial charge is 0.304 e. The van der Waals surface area contributed by atoms with Gasteiger partial charge in [0.25, 0.3) is 0 Å². The number of carbonyl (C=O) groups excluding carboxylic acids is 1. The maximum absolute atomic E-state index is 11.9. The fraction of sp³-hybridized carbons (Fsp3) is 0.471. The molecule has 0 aliphatic carbocycles. The normalized spacial score (nSPS) is 17.1. The zero-order chi connectivity index (χ0) is 14.5. The average molecular weight is 272 g/mol. The molecule has 0 spiro atoms. The van der Waals surface area contributed by atoms with E-state index < -0.39 is 0 Å². The minimum absolute atomic E-state index is 0.135. The summed E-state index contributed by atoms with van der Waals surface area (Å²) in [6.45, 7) is 10.9. The summed E-state index contributed by atoms with van der Waals surface area (Å²) in [6.07, 6.45) is 0.471. The lowest BCUT2D eigenvalue weighted by atomic mass is 9.99. The van der Waals surface area contributed by atoms with Crippen LogP contribution in [0.2, 0.25) is 0 Å². The van der Waals surface area contributed by atoms with Crippen molar-refractivity contribution in [3.05, 3.63) is 47.5 Å². The molecule has 2 rings (SSSR count). The molecular weight excluding hydrogens is 248 g/mol. The first-order chi connectivity index (χ1) is 9.56. The molecule has 0 amide bonds. The van der Waals surface area contributed by atoms with Gasteiger partial charge >= 0.3 is 0 Å². The summed E-state index contributed by atoms with van der Waals surface area (Å²) in [5.74, 6) is 0.135. The summed E-state index contributed by atoms with van der Waals surface area (Å²) in [5.41, 5.74) is 3.05. The second-order valence-corrected chi connectivity index (χ2v) is 5.73. The zero-order valence-corrected chi connectivity index (χ0v) is 12.6. The summed E-state index contributed by atoms with van der Waals surface area (Å²) < 4.78 is 0. The predicted molar refractivity (Wildman–Crippen MR) is 82.7 cm³/mol. The molecule has 1 aliphatic heterocycles. The van der Waals surface area contributed by atoms with E-state index in [4.69, 9.17) is 0 Å². The van der Waals surface area contributed by atoms with Crippen molar-refractivity contribution in [1.82, 2.24) is 9.80 Å². The van der Waals surface area contributed by atoms with E-state index >= 15 is 0 Å². The monoisotopic (exact) mass is 272 g/mol. The number of piperazine rings is 1. The second kappa shape index (κ2) is 6.82. The third-order valence-electron chi connectivity index (χ3n) is 3.94. The number of benzene rings is 1. The molecule has 1 heterocycles. The molecule has 1 aromatic rings. The van der Waals surface area contributed by atoms with E-state index in [0.717, 1.165) is 38.3 Å². The van der Waals surface area contributed by atoms with Crippen LogP contribution < -0.4 is 0 Å². The maximum atomic E-state index is 11.9. The van der Waals surface area contributed by atoms with E-state index in [9.17, 15) is 4.79 Å². The average Bonchev–Trinajstić information content (AvgIpc) is 2.43. The van der Waals surface area contributed by atoms with Crippen molar-refractivity contribution in [2.75, 3.05) is 33.2 Å². The Bertz CT molecular complexity index is 488. The molecule has 1 fully saturated rings. The van der Waals surface area contributed by atoms with Crippen molar-refractivity contribution in [2.24, 2.45) is 0 Å². The lowest BCUT2D eigenvalue weighted by Gasteiger charge is -2.32. The lowest BCUT2D eigenvalue weighted by Crippen LogP contribution is -2.44. The van der Waals surface area contributed by atoms with Crippen LogP contribution in [0.25, 0.3) is 0 Å². The topological polar surface area (TPSA) is 23.6 Å². The number of ketones is 1. The highest BCUT2D eigenvalue weighted by atomic mass is 16.1. The zero-order valence-electron chi connectivity index (χ0n) is 12.6. The van der Waals surface area contributed by atoms with Gasteiger partial charge in [-0.3, -0.25) is 9.69 Å². The molecule has 1 aromatic carbocycles. The molecule has 1 saturated heterocycles. The van der Waals surface area contributed by atoms with Gasteiger partial charge in [-0.1, -0.05) is 30.8 Å². The van der Waals surface area contributed by atoms with Crippen LogP contribution in [-0.2, 0) is 17.8 Å². The predicted octanol–water partition coefficient (Wildman–Crippen LogP) is 2.12. The maximum Gasteiger partial charge on any atom is 0.162 e. The number of hydrogen-bond acceptors (Lipinski definition) is 3. The van der Waals surface area contributed by atoms with Gasteiger partial charge in [-0.05, 0) is 30.7 Å². The van der Waals surface area contributed by atoms with Gasteiger partial charge in [0.1, 0.15) is 0 Å². The molecule has 20 heavy (non-hydrogen) atoms. The second-order valence-electron chi connectivity index (χ2n) is 5.73. The highest BCUT2D eigenvalue weighted by Gasteiger charge is 2.16. The molecular formula is C17H24N2O. The first kappa shape index (κ1) is 14.9. The van der Waals surface area contributed by atoms with Crippen molar-refractivity contribution in [3.8, 4) is 0 Å². The third kappa shape index (κ3) is 4.02. The Morgan fingerprint density at radius 3 is 2.35 bits per heavy atom. The Morgan fingerprint density at radius 1 is 1.15 bits per heavy atom. The molecule has 0 unspecified atom stereocenters. The van der Waals surface area contributed by atoms with Gasteiger partial charge in [-0.2, -0.15) is 0 Å². The van der Waals surface area contributed by atoms with Gasteiger partial charge in [0.2, 0.25) is 0 Å². The van der Waals surface area contributed by atoms with E-state index in [1.807, 2.05) is 6.07 Å². The van der Waals surface area contributed by atoms with Crippen LogP contribution in [0.15, 0.2) is 36.4 Å². The van der Waals surface area contributed by atoms with Crippen molar-refractivity contribution in [3.63, 3.8) is 0 Å². The number of likely N-dealkylation sites (N-methyl/N-ethyl adjacent to an activating group) is 1. The van der Waals surface area contributed by atoms with E-state index in [1.54, 1.807) is 6.92 Å². The number of hydrogen-bond donors (Lipinski definition) is 0. The first-order valence-corrected chi connectivity index (χ1v) is 7.22. The third-order valence-corrected chi connectivity index (χ3v) is 3.94. The van der Waals surface area contributed by atoms with Crippen LogP contribution in [-0.4, -0.2) is 48.8 Å². The molecule has 0 N–H and O–H groups in total. The van der Waals surface area contributed by atoms with Gasteiger partial charge in [-0.15, -0.1) is 0 Å². The lowest BCUT2D eigenvalue weighted by molar-refractivity contribution is -0.114. The van der Waals surface area contributed by atoms with E-state index in [-0.39, 0.29) is 5.78 Å². The Kier molecular flexibility index (Phi) is 5.10. The number of nitrogens with zero attached hydrogens (tertiary/aromatic N) is 2. The smallest absolute Gasteiger partial charge is 0.162 e. The highest BCUT2D eigenvalue weighted by Crippen LogP contribution is 2.15. The Hall–Kier alpha value is -1.45. The molecule has 0 radical (unpaired) electrons. The molecule has 0 aromatic heterocycles. The molecule has 0 atom stereocenters. The molecule has 3 nitrogen and oxygen atoms in total. The van der Waals surface area contributed by atoms with Crippen molar-refractivity contribution in [2.45, 2.75) is 19.9 Å². The summed E-state index contributed by atoms with van der Waals surface area (Å²) in [6, 6.07) is 8.26. The Labute approximate surface area is 121 Å². The summed E-state index contributed by atoms with van der Waals surface area (Å²) in [4.78, 5) is 16.7. The fourth-order valence-electron chi connectivity index (χ4n) is 2.45. The Morgan fingerprint density at radius 2 is 1.75 bits per heavy atom. The van der Waals surface area contributed by atoms with Crippen LogP contribution in [0.3, 0.4) is 0 Å². The Balaban J connectivity index is 2.04. The van der Waals surface area contributed by atoms with Crippen molar-refractivity contribution in [1.29, 1.82) is 0 Å². The van der Waals surface area contributed by atoms with Gasteiger partial charge < -0.3 is 4.90 Å². The van der Waals surface area contributed by atoms with Crippen molar-refractivity contribution < 1.29 is 4.79 Å². The highest BCUT2D eigenvalue weighted by molar-refractivity contribution is 5.95. The van der Waals surface area contributed by atoms with Crippen LogP contribution in [0, 0.1) is 0 Å². The quantitative estimate of drug-likeness (QED) is 0.767. The van der Waals surface area contributed by atoms with Crippen LogP contribution in [0.5, 0.6) is 0 Å². The van der Waals surface area contributed by atoms with Gasteiger partial charge in [-0.25, -0.2) is 0 Å². The van der Waals surface area contributed by atoms with Gasteiger partial charge in [0, 0.05) is 39.1 Å². The minimum Gasteiger partial charge on any atom is -0.304 e. The summed E-state index contributed by atoms with van der Waals surface area (Å²) >= 11 is 0. The number of allylic oxidation sites excluding steroid dienone is 1. The van der Waals surface area contributed by atoms with E-state index in [1.165, 1.54) is 5.56 Å². The van der Waals surface area contributed by atoms with Gasteiger partial charge in [0.05, 0.1) is 0 Å². The fourth-order valence-corrected chi connectivity index (χ4v) is 2.45. The molecule has 3 heteroatoms. The van der Waals surface area contributed by atoms with Crippen LogP contribution >= 0.6 is 0 Å². The molecule has 0 bridgehead atoms. The minimum atomic E-state index is 0.135. The standard InChI is InChI=1S/C17H24N2O/c1-14(2)17(20)12-15-6-4-5-7-16(15)13-19-10-8-18(3)9-11-19/h4-7H,1,8-13H2,2-3H3. The van der Waals surface area contributed by atoms with Gasteiger partial charge in [0.15, 0.2) is 5.78 Å². The molecule has 0 saturated carbocycles. The summed E-state index contributed by atoms with van der Waals surface area (Å²) in [5, 5.41) is 0. The first-order valence-electron chi connectivity index (χ1n) is 7.22. The van der Waals surface area contributed by atoms with Crippen LogP contribution in [0.4, 0.5) is 0 Å². The van der Waals surface area contributed by atoms with Crippen molar-refractivity contribution >= 4 is 5.78 Å². The summed E-state index contributed by atoms with van der Waals surface area (Å²) in [7, 11) is 2.16. The van der Waals surface area contributed by atoms with Crippen LogP contribution in [0.1, 0.15) is 18.1 Å². The molecule has 1 aliphatic rings. The SMILES string of the molecule is C=C(C)C(=O)Cc1ccccc1CN1CCN(C)CC1. The van der Waals surface area contributed by atoms with E-state index in [2.05, 4.69) is 41.6 Å². The molecule has 108 valence electrons. The number of rotatable bonds is 5. The number of carbonyl (C=O) groups is 1. The number of Topliss-reactive ketones (excluding diaryl/α,β-unsaturated/α-hetero) is 1. The van der Waals surface area contributed by atoms with E-state index in [0.29, 0.717) is 12.0 Å².